The number of rotatable bonds is 8. The van der Waals surface area contributed by atoms with Crippen LogP contribution in [-0.2, 0) is 14.8 Å². The number of benzene rings is 2. The molecule has 1 N–H and O–H groups in total. The van der Waals surface area contributed by atoms with Crippen LogP contribution >= 0.6 is 0 Å². The first-order chi connectivity index (χ1) is 16.1. The van der Waals surface area contributed by atoms with Crippen LogP contribution in [0.3, 0.4) is 0 Å². The molecule has 0 bridgehead atoms. The van der Waals surface area contributed by atoms with Crippen LogP contribution in [0, 0.1) is 16.0 Å². The van der Waals surface area contributed by atoms with Crippen LogP contribution < -0.4 is 5.32 Å². The molecule has 3 rings (SSSR count). The number of nitro groups is 1. The summed E-state index contributed by atoms with van der Waals surface area (Å²) in [7, 11) is -3.94. The second kappa shape index (κ2) is 10.7. The van der Waals surface area contributed by atoms with Gasteiger partial charge >= 0.3 is 0 Å². The molecular weight excluding hydrogens is 460 g/mol. The standard InChI is InChI=1S/C23H28N4O6S/c1-3-17(2)21(24-22(28)18-8-5-4-6-9-18)23(29)25-12-14-26(15-13-25)34(32,33)20-11-7-10-19(16-20)27(30)31/h4-11,16-17,21H,3,12-15H2,1-2H3,(H,24,28)/t17-,21-/m0/s1. The topological polar surface area (TPSA) is 130 Å². The van der Waals surface area contributed by atoms with Gasteiger partial charge in [0, 0.05) is 43.9 Å². The predicted molar refractivity (Wildman–Crippen MR) is 126 cm³/mol. The Morgan fingerprint density at radius 3 is 2.29 bits per heavy atom. The molecule has 1 aliphatic heterocycles. The molecule has 1 heterocycles. The van der Waals surface area contributed by atoms with E-state index in [-0.39, 0.29) is 54.5 Å². The molecule has 0 unspecified atom stereocenters. The maximum Gasteiger partial charge on any atom is 0.270 e. The molecule has 2 aromatic carbocycles. The van der Waals surface area contributed by atoms with Gasteiger partial charge in [0.1, 0.15) is 6.04 Å². The summed E-state index contributed by atoms with van der Waals surface area (Å²) in [6, 6.07) is 12.8. The summed E-state index contributed by atoms with van der Waals surface area (Å²) in [5, 5.41) is 13.8. The fraction of sp³-hybridized carbons (Fsp3) is 0.391. The number of hydrogen-bond acceptors (Lipinski definition) is 6. The molecule has 1 saturated heterocycles. The fourth-order valence-corrected chi connectivity index (χ4v) is 5.21. The van der Waals surface area contributed by atoms with Gasteiger partial charge in [0.25, 0.3) is 11.6 Å². The first-order valence-electron chi connectivity index (χ1n) is 11.0. The number of carbonyl (C=O) groups is 2. The molecule has 0 saturated carbocycles. The molecule has 11 heteroatoms. The SMILES string of the molecule is CC[C@H](C)[C@H](NC(=O)c1ccccc1)C(=O)N1CCN(S(=O)(=O)c2cccc([N+](=O)[O-])c2)CC1. The molecule has 2 amide bonds. The van der Waals surface area contributed by atoms with Crippen molar-refractivity contribution in [2.24, 2.45) is 5.92 Å². The molecular formula is C23H28N4O6S. The first kappa shape index (κ1) is 25.3. The highest BCUT2D eigenvalue weighted by Gasteiger charge is 2.35. The minimum atomic E-state index is -3.94. The number of sulfonamides is 1. The lowest BCUT2D eigenvalue weighted by Gasteiger charge is -2.37. The van der Waals surface area contributed by atoms with Crippen LogP contribution in [0.1, 0.15) is 30.6 Å². The highest BCUT2D eigenvalue weighted by atomic mass is 32.2. The van der Waals surface area contributed by atoms with E-state index in [1.54, 1.807) is 35.2 Å². The molecule has 1 fully saturated rings. The normalized spacial score (nSPS) is 16.5. The fourth-order valence-electron chi connectivity index (χ4n) is 3.75. The third-order valence-corrected chi connectivity index (χ3v) is 7.91. The van der Waals surface area contributed by atoms with E-state index in [0.29, 0.717) is 12.0 Å². The van der Waals surface area contributed by atoms with Crippen LogP contribution in [0.25, 0.3) is 0 Å². The number of nitrogens with zero attached hydrogens (tertiary/aromatic N) is 3. The minimum absolute atomic E-state index is 0.0522. The van der Waals surface area contributed by atoms with Gasteiger partial charge in [-0.25, -0.2) is 8.42 Å². The zero-order valence-corrected chi connectivity index (χ0v) is 19.9. The monoisotopic (exact) mass is 488 g/mol. The predicted octanol–water partition coefficient (Wildman–Crippen LogP) is 2.27. The minimum Gasteiger partial charge on any atom is -0.340 e. The van der Waals surface area contributed by atoms with Gasteiger partial charge in [-0.05, 0) is 24.1 Å². The van der Waals surface area contributed by atoms with Crippen molar-refractivity contribution < 1.29 is 22.9 Å². The van der Waals surface area contributed by atoms with Crippen molar-refractivity contribution in [3.8, 4) is 0 Å². The van der Waals surface area contributed by atoms with Crippen LogP contribution in [0.2, 0.25) is 0 Å². The van der Waals surface area contributed by atoms with E-state index < -0.39 is 21.0 Å². The quantitative estimate of drug-likeness (QED) is 0.448. The number of piperazine rings is 1. The Kier molecular flexibility index (Phi) is 8.00. The van der Waals surface area contributed by atoms with E-state index in [1.807, 2.05) is 13.8 Å². The average molecular weight is 489 g/mol. The zero-order chi connectivity index (χ0) is 24.9. The number of hydrogen-bond donors (Lipinski definition) is 1. The molecule has 10 nitrogen and oxygen atoms in total. The number of non-ortho nitro benzene ring substituents is 1. The zero-order valence-electron chi connectivity index (χ0n) is 19.1. The summed E-state index contributed by atoms with van der Waals surface area (Å²) in [4.78, 5) is 37.7. The molecule has 1 aliphatic rings. The smallest absolute Gasteiger partial charge is 0.270 e. The van der Waals surface area contributed by atoms with E-state index in [0.717, 1.165) is 6.07 Å². The molecule has 0 spiro atoms. The molecule has 0 radical (unpaired) electrons. The van der Waals surface area contributed by atoms with Gasteiger partial charge in [-0.15, -0.1) is 0 Å². The van der Waals surface area contributed by atoms with Gasteiger partial charge < -0.3 is 10.2 Å². The Bertz CT molecular complexity index is 1150. The molecule has 2 aromatic rings. The summed E-state index contributed by atoms with van der Waals surface area (Å²) in [5.74, 6) is -0.719. The van der Waals surface area contributed by atoms with Crippen molar-refractivity contribution >= 4 is 27.5 Å². The van der Waals surface area contributed by atoms with Gasteiger partial charge in [0.05, 0.1) is 9.82 Å². The van der Waals surface area contributed by atoms with Crippen LogP contribution in [-0.4, -0.2) is 66.6 Å². The Labute approximate surface area is 198 Å². The third kappa shape index (κ3) is 5.60. The third-order valence-electron chi connectivity index (χ3n) is 6.02. The molecule has 34 heavy (non-hydrogen) atoms. The Morgan fingerprint density at radius 2 is 1.71 bits per heavy atom. The molecule has 182 valence electrons. The second-order valence-electron chi connectivity index (χ2n) is 8.19. The van der Waals surface area contributed by atoms with Gasteiger partial charge in [-0.3, -0.25) is 19.7 Å². The lowest BCUT2D eigenvalue weighted by Crippen LogP contribution is -2.57. The second-order valence-corrected chi connectivity index (χ2v) is 10.1. The molecule has 2 atom stereocenters. The van der Waals surface area contributed by atoms with Crippen molar-refractivity contribution in [2.75, 3.05) is 26.2 Å². The highest BCUT2D eigenvalue weighted by molar-refractivity contribution is 7.89. The van der Waals surface area contributed by atoms with Gasteiger partial charge in [-0.2, -0.15) is 4.31 Å². The largest absolute Gasteiger partial charge is 0.340 e. The summed E-state index contributed by atoms with van der Waals surface area (Å²) in [5.41, 5.74) is 0.150. The van der Waals surface area contributed by atoms with E-state index in [9.17, 15) is 28.1 Å². The summed E-state index contributed by atoms with van der Waals surface area (Å²) in [6.07, 6.45) is 0.673. The van der Waals surface area contributed by atoms with E-state index in [2.05, 4.69) is 5.32 Å². The summed E-state index contributed by atoms with van der Waals surface area (Å²) < 4.78 is 27.2. The Morgan fingerprint density at radius 1 is 1.06 bits per heavy atom. The lowest BCUT2D eigenvalue weighted by molar-refractivity contribution is -0.385. The van der Waals surface area contributed by atoms with Gasteiger partial charge in [-0.1, -0.05) is 44.5 Å². The number of amides is 2. The van der Waals surface area contributed by atoms with Crippen molar-refractivity contribution in [1.82, 2.24) is 14.5 Å². The highest BCUT2D eigenvalue weighted by Crippen LogP contribution is 2.22. The molecule has 0 aliphatic carbocycles. The maximum absolute atomic E-state index is 13.3. The lowest BCUT2D eigenvalue weighted by atomic mass is 9.97. The summed E-state index contributed by atoms with van der Waals surface area (Å²) >= 11 is 0. The van der Waals surface area contributed by atoms with E-state index >= 15 is 0 Å². The number of carbonyl (C=O) groups excluding carboxylic acids is 2. The van der Waals surface area contributed by atoms with Crippen molar-refractivity contribution in [2.45, 2.75) is 31.2 Å². The van der Waals surface area contributed by atoms with E-state index in [1.165, 1.54) is 22.5 Å². The number of nitrogens with one attached hydrogen (secondary N) is 1. The number of nitro benzene ring substituents is 1. The van der Waals surface area contributed by atoms with Gasteiger partial charge in [0.2, 0.25) is 15.9 Å². The average Bonchev–Trinajstić information content (AvgIpc) is 2.86. The van der Waals surface area contributed by atoms with E-state index in [4.69, 9.17) is 0 Å². The van der Waals surface area contributed by atoms with Crippen molar-refractivity contribution in [3.63, 3.8) is 0 Å². The van der Waals surface area contributed by atoms with Crippen LogP contribution in [0.15, 0.2) is 59.5 Å². The van der Waals surface area contributed by atoms with Crippen molar-refractivity contribution in [1.29, 1.82) is 0 Å². The van der Waals surface area contributed by atoms with Gasteiger partial charge in [0.15, 0.2) is 0 Å². The van der Waals surface area contributed by atoms with Crippen molar-refractivity contribution in [3.05, 3.63) is 70.3 Å². The molecule has 0 aromatic heterocycles. The Hall–Kier alpha value is -3.31. The first-order valence-corrected chi connectivity index (χ1v) is 12.5. The Balaban J connectivity index is 1.69. The van der Waals surface area contributed by atoms with Crippen LogP contribution in [0.5, 0.6) is 0 Å². The van der Waals surface area contributed by atoms with Crippen LogP contribution in [0.4, 0.5) is 5.69 Å². The maximum atomic E-state index is 13.3. The summed E-state index contributed by atoms with van der Waals surface area (Å²) in [6.45, 7) is 4.23.